The molecule has 1 saturated carbocycles. The molecule has 0 spiro atoms. The van der Waals surface area contributed by atoms with Crippen molar-refractivity contribution >= 4 is 27.5 Å². The zero-order chi connectivity index (χ0) is 15.9. The minimum absolute atomic E-state index is 0.0216. The monoisotopic (exact) mass is 360 g/mol. The lowest BCUT2D eigenvalue weighted by Gasteiger charge is -2.01. The molecule has 4 heteroatoms. The number of Topliss-reactive ketones (excluding diaryl/α,β-unsaturated/α-hetero) is 2. The van der Waals surface area contributed by atoms with Gasteiger partial charge in [-0.05, 0) is 48.9 Å². The third-order valence-corrected chi connectivity index (χ3v) is 4.70. The molecular weight excluding hydrogens is 347 g/mol. The average Bonchev–Trinajstić information content (AvgIpc) is 3.24. The van der Waals surface area contributed by atoms with Crippen LogP contribution in [-0.2, 0) is 4.79 Å². The summed E-state index contributed by atoms with van der Waals surface area (Å²) < 4.78 is 13.9. The van der Waals surface area contributed by atoms with Crippen LogP contribution in [0.2, 0.25) is 0 Å². The Bertz CT molecular complexity index is 722. The smallest absolute Gasteiger partial charge is 0.167 e. The van der Waals surface area contributed by atoms with Crippen molar-refractivity contribution in [1.29, 1.82) is 0 Å². The van der Waals surface area contributed by atoms with Crippen LogP contribution >= 0.6 is 15.9 Å². The average molecular weight is 361 g/mol. The first-order valence-corrected chi connectivity index (χ1v) is 7.84. The SMILES string of the molecule is CC(=O)[C@@H]1[C@H](C(=O)c2ccc(F)cc2)[C@H]1c1ccc(Br)cc1. The Balaban J connectivity index is 1.88. The number of halogens is 2. The molecule has 0 aromatic heterocycles. The molecule has 1 aliphatic carbocycles. The van der Waals surface area contributed by atoms with Crippen molar-refractivity contribution in [3.8, 4) is 0 Å². The summed E-state index contributed by atoms with van der Waals surface area (Å²) in [4.78, 5) is 24.4. The number of hydrogen-bond donors (Lipinski definition) is 0. The molecule has 0 aliphatic heterocycles. The van der Waals surface area contributed by atoms with Crippen LogP contribution in [0.1, 0.15) is 28.8 Å². The fourth-order valence-corrected chi connectivity index (χ4v) is 3.31. The van der Waals surface area contributed by atoms with Crippen molar-refractivity contribution in [2.75, 3.05) is 0 Å². The lowest BCUT2D eigenvalue weighted by Crippen LogP contribution is -2.06. The van der Waals surface area contributed by atoms with E-state index in [2.05, 4.69) is 15.9 Å². The first-order chi connectivity index (χ1) is 10.5. The fourth-order valence-electron chi connectivity index (χ4n) is 3.05. The lowest BCUT2D eigenvalue weighted by molar-refractivity contribution is -0.118. The number of hydrogen-bond acceptors (Lipinski definition) is 2. The van der Waals surface area contributed by atoms with E-state index < -0.39 is 0 Å². The molecule has 0 N–H and O–H groups in total. The van der Waals surface area contributed by atoms with Gasteiger partial charge in [0.25, 0.3) is 0 Å². The highest BCUT2D eigenvalue weighted by Crippen LogP contribution is 2.55. The summed E-state index contributed by atoms with van der Waals surface area (Å²) in [5.74, 6) is -1.15. The summed E-state index contributed by atoms with van der Waals surface area (Å²) in [6, 6.07) is 13.2. The van der Waals surface area contributed by atoms with Gasteiger partial charge in [0.1, 0.15) is 11.6 Å². The molecule has 112 valence electrons. The topological polar surface area (TPSA) is 34.1 Å². The summed E-state index contributed by atoms with van der Waals surface area (Å²) in [5.41, 5.74) is 1.45. The van der Waals surface area contributed by atoms with Gasteiger partial charge in [-0.3, -0.25) is 9.59 Å². The van der Waals surface area contributed by atoms with Crippen molar-refractivity contribution in [2.45, 2.75) is 12.8 Å². The Labute approximate surface area is 136 Å². The maximum absolute atomic E-state index is 13.0. The van der Waals surface area contributed by atoms with Crippen molar-refractivity contribution < 1.29 is 14.0 Å². The number of ketones is 2. The van der Waals surface area contributed by atoms with Gasteiger partial charge in [-0.1, -0.05) is 28.1 Å². The largest absolute Gasteiger partial charge is 0.300 e. The van der Waals surface area contributed by atoms with Crippen LogP contribution in [0, 0.1) is 17.7 Å². The Hall–Kier alpha value is -1.81. The minimum Gasteiger partial charge on any atom is -0.300 e. The molecule has 3 rings (SSSR count). The van der Waals surface area contributed by atoms with E-state index in [1.54, 1.807) is 0 Å². The van der Waals surface area contributed by atoms with E-state index in [4.69, 9.17) is 0 Å². The van der Waals surface area contributed by atoms with E-state index in [0.29, 0.717) is 5.56 Å². The van der Waals surface area contributed by atoms with Gasteiger partial charge in [-0.15, -0.1) is 0 Å². The van der Waals surface area contributed by atoms with Crippen molar-refractivity contribution in [3.05, 3.63) is 69.9 Å². The van der Waals surface area contributed by atoms with Gasteiger partial charge in [-0.2, -0.15) is 0 Å². The second-order valence-electron chi connectivity index (χ2n) is 5.61. The Kier molecular flexibility index (Phi) is 3.96. The molecule has 1 fully saturated rings. The van der Waals surface area contributed by atoms with Gasteiger partial charge in [0, 0.05) is 27.8 Å². The highest BCUT2D eigenvalue weighted by atomic mass is 79.9. The van der Waals surface area contributed by atoms with Crippen LogP contribution < -0.4 is 0 Å². The van der Waals surface area contributed by atoms with E-state index >= 15 is 0 Å². The number of carbonyl (C=O) groups is 2. The molecule has 0 heterocycles. The standard InChI is InChI=1S/C18H14BrFO2/c1-10(21)15-16(11-2-6-13(19)7-3-11)17(15)18(22)12-4-8-14(20)9-5-12/h2-9,15-17H,1H3/t15-,16-,17-/m0/s1. The molecule has 2 nitrogen and oxygen atoms in total. The van der Waals surface area contributed by atoms with Crippen LogP contribution in [0.4, 0.5) is 4.39 Å². The van der Waals surface area contributed by atoms with Gasteiger partial charge in [-0.25, -0.2) is 4.39 Å². The van der Waals surface area contributed by atoms with E-state index in [0.717, 1.165) is 10.0 Å². The quantitative estimate of drug-likeness (QED) is 0.757. The molecule has 3 atom stereocenters. The Morgan fingerprint density at radius 3 is 2.09 bits per heavy atom. The number of rotatable bonds is 4. The fraction of sp³-hybridized carbons (Fsp3) is 0.222. The third kappa shape index (κ3) is 2.75. The zero-order valence-corrected chi connectivity index (χ0v) is 13.5. The summed E-state index contributed by atoms with van der Waals surface area (Å²) in [6.45, 7) is 1.52. The molecule has 0 unspecified atom stereocenters. The van der Waals surface area contributed by atoms with Crippen LogP contribution in [0.25, 0.3) is 0 Å². The van der Waals surface area contributed by atoms with E-state index in [9.17, 15) is 14.0 Å². The molecule has 0 amide bonds. The lowest BCUT2D eigenvalue weighted by atomic mass is 10.0. The molecule has 2 aromatic carbocycles. The number of benzene rings is 2. The molecule has 22 heavy (non-hydrogen) atoms. The highest BCUT2D eigenvalue weighted by molar-refractivity contribution is 9.10. The molecule has 0 saturated heterocycles. The van der Waals surface area contributed by atoms with Crippen molar-refractivity contribution in [1.82, 2.24) is 0 Å². The van der Waals surface area contributed by atoms with Gasteiger partial charge in [0.2, 0.25) is 0 Å². The summed E-state index contributed by atoms with van der Waals surface area (Å²) >= 11 is 3.38. The van der Waals surface area contributed by atoms with Crippen molar-refractivity contribution in [2.24, 2.45) is 11.8 Å². The predicted molar refractivity (Wildman–Crippen MR) is 85.3 cm³/mol. The predicted octanol–water partition coefficient (Wildman–Crippen LogP) is 4.39. The molecule has 0 bridgehead atoms. The zero-order valence-electron chi connectivity index (χ0n) is 11.9. The van der Waals surface area contributed by atoms with Crippen LogP contribution in [0.5, 0.6) is 0 Å². The van der Waals surface area contributed by atoms with E-state index in [-0.39, 0.29) is 35.1 Å². The highest BCUT2D eigenvalue weighted by Gasteiger charge is 2.57. The molecule has 2 aromatic rings. The minimum atomic E-state index is -0.375. The third-order valence-electron chi connectivity index (χ3n) is 4.18. The maximum atomic E-state index is 13.0. The van der Waals surface area contributed by atoms with E-state index in [1.807, 2.05) is 24.3 Å². The molecule has 0 radical (unpaired) electrons. The number of carbonyl (C=O) groups excluding carboxylic acids is 2. The van der Waals surface area contributed by atoms with Crippen molar-refractivity contribution in [3.63, 3.8) is 0 Å². The van der Waals surface area contributed by atoms with E-state index in [1.165, 1.54) is 31.2 Å². The second-order valence-corrected chi connectivity index (χ2v) is 6.53. The van der Waals surface area contributed by atoms with Crippen LogP contribution in [0.3, 0.4) is 0 Å². The van der Waals surface area contributed by atoms with Gasteiger partial charge < -0.3 is 0 Å². The second kappa shape index (κ2) is 5.76. The summed E-state index contributed by atoms with van der Waals surface area (Å²) in [7, 11) is 0. The molecular formula is C18H14BrFO2. The maximum Gasteiger partial charge on any atom is 0.167 e. The first-order valence-electron chi connectivity index (χ1n) is 7.04. The van der Waals surface area contributed by atoms with Crippen LogP contribution in [-0.4, -0.2) is 11.6 Å². The Morgan fingerprint density at radius 2 is 1.55 bits per heavy atom. The normalized spacial score (nSPS) is 23.1. The van der Waals surface area contributed by atoms with Gasteiger partial charge in [0.05, 0.1) is 0 Å². The Morgan fingerprint density at radius 1 is 0.955 bits per heavy atom. The summed E-state index contributed by atoms with van der Waals surface area (Å²) in [6.07, 6.45) is 0. The van der Waals surface area contributed by atoms with Crippen LogP contribution in [0.15, 0.2) is 53.0 Å². The summed E-state index contributed by atoms with van der Waals surface area (Å²) in [5, 5.41) is 0. The van der Waals surface area contributed by atoms with Gasteiger partial charge >= 0.3 is 0 Å². The molecule has 1 aliphatic rings. The first kappa shape index (κ1) is 15.1. The van der Waals surface area contributed by atoms with Gasteiger partial charge in [0.15, 0.2) is 5.78 Å².